The first-order valence-electron chi connectivity index (χ1n) is 3.84. The van der Waals surface area contributed by atoms with E-state index in [0.29, 0.717) is 11.3 Å². The maximum Gasteiger partial charge on any atom is 0.427 e. The van der Waals surface area contributed by atoms with Crippen LogP contribution >= 0.6 is 11.3 Å². The topological polar surface area (TPSA) is 45.1 Å². The van der Waals surface area contributed by atoms with E-state index in [2.05, 4.69) is 10.3 Å². The van der Waals surface area contributed by atoms with Crippen LogP contribution in [-0.4, -0.2) is 22.7 Å². The van der Waals surface area contributed by atoms with Gasteiger partial charge in [0.15, 0.2) is 5.13 Å². The molecule has 3 nitrogen and oxygen atoms in total. The number of aromatic nitrogens is 1. The minimum atomic E-state index is -4.35. The summed E-state index contributed by atoms with van der Waals surface area (Å²) >= 11 is 0.525. The molecule has 1 unspecified atom stereocenters. The minimum Gasteiger partial charge on any atom is -0.394 e. The van der Waals surface area contributed by atoms with Crippen molar-refractivity contribution in [2.24, 2.45) is 0 Å². The first-order chi connectivity index (χ1) is 6.43. The van der Waals surface area contributed by atoms with Crippen molar-refractivity contribution in [1.29, 1.82) is 0 Å². The second kappa shape index (κ2) is 4.14. The van der Waals surface area contributed by atoms with Gasteiger partial charge in [-0.15, -0.1) is 0 Å². The van der Waals surface area contributed by atoms with Gasteiger partial charge in [0.2, 0.25) is 0 Å². The molecule has 0 aliphatic rings. The van der Waals surface area contributed by atoms with Gasteiger partial charge < -0.3 is 10.4 Å². The third-order valence-corrected chi connectivity index (χ3v) is 2.40. The molecule has 0 radical (unpaired) electrons. The Bertz CT molecular complexity index is 299. The second-order valence-corrected chi connectivity index (χ2v) is 3.79. The molecule has 14 heavy (non-hydrogen) atoms. The Balaban J connectivity index is 2.69. The van der Waals surface area contributed by atoms with Crippen molar-refractivity contribution in [1.82, 2.24) is 4.98 Å². The molecule has 0 fully saturated rings. The number of aliphatic hydroxyl groups excluding tert-OH is 1. The highest BCUT2D eigenvalue weighted by Gasteiger charge is 2.33. The molecule has 0 saturated carbocycles. The fourth-order valence-electron chi connectivity index (χ4n) is 0.728. The molecule has 0 amide bonds. The summed E-state index contributed by atoms with van der Waals surface area (Å²) in [5, 5.41) is 11.5. The average molecular weight is 226 g/mol. The summed E-state index contributed by atoms with van der Waals surface area (Å²) in [5.41, 5.74) is 0. The Labute approximate surface area is 82.6 Å². The number of halogens is 3. The van der Waals surface area contributed by atoms with Gasteiger partial charge in [0.1, 0.15) is 4.88 Å². The molecule has 1 aromatic rings. The fraction of sp³-hybridized carbons (Fsp3) is 0.571. The Morgan fingerprint density at radius 1 is 1.64 bits per heavy atom. The molecule has 2 N–H and O–H groups in total. The number of rotatable bonds is 3. The molecule has 0 aliphatic heterocycles. The summed E-state index contributed by atoms with van der Waals surface area (Å²) in [6, 6.07) is -0.303. The summed E-state index contributed by atoms with van der Waals surface area (Å²) < 4.78 is 36.3. The molecule has 1 aromatic heterocycles. The maximum atomic E-state index is 12.1. The van der Waals surface area contributed by atoms with E-state index in [0.717, 1.165) is 6.20 Å². The number of aliphatic hydroxyl groups is 1. The molecule has 0 aromatic carbocycles. The largest absolute Gasteiger partial charge is 0.427 e. The van der Waals surface area contributed by atoms with Gasteiger partial charge in [0.05, 0.1) is 12.8 Å². The molecular formula is C7H9F3N2OS. The first kappa shape index (κ1) is 11.3. The first-order valence-corrected chi connectivity index (χ1v) is 4.65. The molecule has 0 aliphatic carbocycles. The lowest BCUT2D eigenvalue weighted by molar-refractivity contribution is -0.134. The van der Waals surface area contributed by atoms with E-state index >= 15 is 0 Å². The van der Waals surface area contributed by atoms with Crippen LogP contribution in [0.3, 0.4) is 0 Å². The fourth-order valence-corrected chi connectivity index (χ4v) is 1.52. The van der Waals surface area contributed by atoms with Gasteiger partial charge in [-0.05, 0) is 6.92 Å². The molecule has 1 rings (SSSR count). The average Bonchev–Trinajstić information content (AvgIpc) is 2.51. The van der Waals surface area contributed by atoms with Crippen LogP contribution in [-0.2, 0) is 6.18 Å². The lowest BCUT2D eigenvalue weighted by Crippen LogP contribution is -2.18. The quantitative estimate of drug-likeness (QED) is 0.828. The van der Waals surface area contributed by atoms with Crippen molar-refractivity contribution in [3.63, 3.8) is 0 Å². The Hall–Kier alpha value is -0.820. The number of anilines is 1. The van der Waals surface area contributed by atoms with Crippen LogP contribution in [0.15, 0.2) is 6.20 Å². The standard InChI is InChI=1S/C7H9F3N2OS/c1-4(3-13)12-6-11-2-5(14-6)7(8,9)10/h2,4,13H,3H2,1H3,(H,11,12). The third-order valence-electron chi connectivity index (χ3n) is 1.43. The van der Waals surface area contributed by atoms with Gasteiger partial charge >= 0.3 is 6.18 Å². The second-order valence-electron chi connectivity index (χ2n) is 2.76. The van der Waals surface area contributed by atoms with Crippen LogP contribution in [0, 0.1) is 0 Å². The molecule has 80 valence electrons. The Kier molecular flexibility index (Phi) is 3.33. The van der Waals surface area contributed by atoms with Crippen molar-refractivity contribution < 1.29 is 18.3 Å². The maximum absolute atomic E-state index is 12.1. The van der Waals surface area contributed by atoms with E-state index in [4.69, 9.17) is 5.11 Å². The van der Waals surface area contributed by atoms with E-state index in [9.17, 15) is 13.2 Å². The highest BCUT2D eigenvalue weighted by molar-refractivity contribution is 7.15. The molecule has 0 bridgehead atoms. The van der Waals surface area contributed by atoms with Gasteiger partial charge in [-0.3, -0.25) is 0 Å². The van der Waals surface area contributed by atoms with Crippen molar-refractivity contribution in [2.45, 2.75) is 19.1 Å². The molecule has 0 saturated heterocycles. The van der Waals surface area contributed by atoms with E-state index in [1.165, 1.54) is 0 Å². The summed E-state index contributed by atoms with van der Waals surface area (Å²) in [5.74, 6) is 0. The van der Waals surface area contributed by atoms with Crippen molar-refractivity contribution >= 4 is 16.5 Å². The van der Waals surface area contributed by atoms with Gasteiger partial charge in [-0.25, -0.2) is 4.98 Å². The Morgan fingerprint density at radius 2 is 2.29 bits per heavy atom. The molecular weight excluding hydrogens is 217 g/mol. The normalized spacial score (nSPS) is 14.1. The van der Waals surface area contributed by atoms with Crippen LogP contribution in [0.1, 0.15) is 11.8 Å². The van der Waals surface area contributed by atoms with Gasteiger partial charge in [0, 0.05) is 6.04 Å². The van der Waals surface area contributed by atoms with Gasteiger partial charge in [0.25, 0.3) is 0 Å². The predicted octanol–water partition coefficient (Wildman–Crippen LogP) is 1.95. The van der Waals surface area contributed by atoms with E-state index in [-0.39, 0.29) is 17.8 Å². The van der Waals surface area contributed by atoms with E-state index in [1.54, 1.807) is 6.92 Å². The number of alkyl halides is 3. The highest BCUT2D eigenvalue weighted by atomic mass is 32.1. The van der Waals surface area contributed by atoms with E-state index in [1.807, 2.05) is 0 Å². The smallest absolute Gasteiger partial charge is 0.394 e. The highest BCUT2D eigenvalue weighted by Crippen LogP contribution is 2.35. The zero-order chi connectivity index (χ0) is 10.8. The van der Waals surface area contributed by atoms with Crippen LogP contribution in [0.2, 0.25) is 0 Å². The Morgan fingerprint density at radius 3 is 2.71 bits per heavy atom. The van der Waals surface area contributed by atoms with Crippen LogP contribution in [0.4, 0.5) is 18.3 Å². The number of hydrogen-bond donors (Lipinski definition) is 2. The van der Waals surface area contributed by atoms with Gasteiger partial charge in [-0.2, -0.15) is 13.2 Å². The van der Waals surface area contributed by atoms with Crippen LogP contribution < -0.4 is 5.32 Å². The van der Waals surface area contributed by atoms with Gasteiger partial charge in [-0.1, -0.05) is 11.3 Å². The van der Waals surface area contributed by atoms with E-state index < -0.39 is 11.1 Å². The third kappa shape index (κ3) is 2.85. The molecule has 1 atom stereocenters. The van der Waals surface area contributed by atoms with Crippen molar-refractivity contribution in [2.75, 3.05) is 11.9 Å². The SMILES string of the molecule is CC(CO)Nc1ncc(C(F)(F)F)s1. The van der Waals surface area contributed by atoms with Crippen LogP contribution in [0.25, 0.3) is 0 Å². The number of nitrogens with one attached hydrogen (secondary N) is 1. The monoisotopic (exact) mass is 226 g/mol. The number of hydrogen-bond acceptors (Lipinski definition) is 4. The van der Waals surface area contributed by atoms with Crippen LogP contribution in [0.5, 0.6) is 0 Å². The summed E-state index contributed by atoms with van der Waals surface area (Å²) in [7, 11) is 0. The van der Waals surface area contributed by atoms with Crippen molar-refractivity contribution in [3.05, 3.63) is 11.1 Å². The summed E-state index contributed by atoms with van der Waals surface area (Å²) in [4.78, 5) is 2.80. The minimum absolute atomic E-state index is 0.152. The van der Waals surface area contributed by atoms with Crippen molar-refractivity contribution in [3.8, 4) is 0 Å². The lowest BCUT2D eigenvalue weighted by atomic mass is 10.4. The molecule has 0 spiro atoms. The molecule has 7 heteroatoms. The summed E-state index contributed by atoms with van der Waals surface area (Å²) in [6.45, 7) is 1.50. The lowest BCUT2D eigenvalue weighted by Gasteiger charge is -2.07. The molecule has 1 heterocycles. The number of nitrogens with zero attached hydrogens (tertiary/aromatic N) is 1. The summed E-state index contributed by atoms with van der Waals surface area (Å²) in [6.07, 6.45) is -3.57. The zero-order valence-electron chi connectivity index (χ0n) is 7.30. The zero-order valence-corrected chi connectivity index (χ0v) is 8.11. The number of thiazole rings is 1. The predicted molar refractivity (Wildman–Crippen MR) is 47.3 cm³/mol.